The molecule has 7 heteroatoms. The summed E-state index contributed by atoms with van der Waals surface area (Å²) >= 11 is 0. The number of anilines is 2. The van der Waals surface area contributed by atoms with Crippen molar-refractivity contribution in [2.45, 2.75) is 83.0 Å². The van der Waals surface area contributed by atoms with Crippen LogP contribution in [0.3, 0.4) is 0 Å². The highest BCUT2D eigenvalue weighted by atomic mass is 15.2. The number of fused-ring (bicyclic) bond motifs is 1. The maximum absolute atomic E-state index is 6.09. The molecule has 2 saturated carbocycles. The van der Waals surface area contributed by atoms with Crippen LogP contribution in [0.15, 0.2) is 30.6 Å². The van der Waals surface area contributed by atoms with Gasteiger partial charge in [0.25, 0.3) is 0 Å². The molecule has 2 aliphatic rings. The van der Waals surface area contributed by atoms with Crippen LogP contribution < -0.4 is 16.4 Å². The Bertz CT molecular complexity index is 1030. The number of nitrogens with zero attached hydrogens (tertiary/aromatic N) is 4. The van der Waals surface area contributed by atoms with Crippen LogP contribution in [0.4, 0.5) is 11.8 Å². The lowest BCUT2D eigenvalue weighted by Gasteiger charge is -2.27. The van der Waals surface area contributed by atoms with Crippen molar-refractivity contribution in [3.05, 3.63) is 41.7 Å². The van der Waals surface area contributed by atoms with Crippen molar-refractivity contribution in [2.24, 2.45) is 5.73 Å². The predicted molar refractivity (Wildman–Crippen MR) is 125 cm³/mol. The Balaban J connectivity index is 1.45. The molecule has 0 aliphatic heterocycles. The van der Waals surface area contributed by atoms with Gasteiger partial charge in [-0.3, -0.25) is 0 Å². The van der Waals surface area contributed by atoms with Crippen molar-refractivity contribution in [1.82, 2.24) is 19.5 Å². The molecule has 2 aliphatic carbocycles. The summed E-state index contributed by atoms with van der Waals surface area (Å²) in [5, 5.41) is 7.12. The van der Waals surface area contributed by atoms with Gasteiger partial charge in [-0.25, -0.2) is 4.98 Å². The molecule has 0 saturated heterocycles. The average molecular weight is 420 g/mol. The molecule has 3 aromatic rings. The first-order chi connectivity index (χ1) is 15.2. The zero-order chi connectivity index (χ0) is 21.2. The highest BCUT2D eigenvalue weighted by Gasteiger charge is 2.23. The Hall–Kier alpha value is -2.67. The molecule has 0 amide bonds. The van der Waals surface area contributed by atoms with Crippen molar-refractivity contribution >= 4 is 22.9 Å². The lowest BCUT2D eigenvalue weighted by Crippen LogP contribution is -2.33. The van der Waals surface area contributed by atoms with Gasteiger partial charge in [-0.05, 0) is 51.0 Å². The summed E-state index contributed by atoms with van der Waals surface area (Å²) in [6, 6.07) is 9.75. The van der Waals surface area contributed by atoms with Crippen molar-refractivity contribution in [3.8, 4) is 0 Å². The van der Waals surface area contributed by atoms with E-state index in [9.17, 15) is 0 Å². The lowest BCUT2D eigenvalue weighted by atomic mass is 9.92. The predicted octanol–water partition coefficient (Wildman–Crippen LogP) is 4.54. The number of hydrogen-bond donors (Lipinski definition) is 3. The number of benzene rings is 1. The number of nitrogens with one attached hydrogen (secondary N) is 2. The van der Waals surface area contributed by atoms with Crippen LogP contribution in [0.2, 0.25) is 0 Å². The van der Waals surface area contributed by atoms with Gasteiger partial charge >= 0.3 is 0 Å². The third-order valence-corrected chi connectivity index (χ3v) is 6.79. The van der Waals surface area contributed by atoms with Gasteiger partial charge in [-0.1, -0.05) is 42.7 Å². The molecule has 5 rings (SSSR count). The Morgan fingerprint density at radius 2 is 1.87 bits per heavy atom. The molecule has 31 heavy (non-hydrogen) atoms. The zero-order valence-electron chi connectivity index (χ0n) is 18.3. The van der Waals surface area contributed by atoms with Crippen LogP contribution in [0.5, 0.6) is 0 Å². The summed E-state index contributed by atoms with van der Waals surface area (Å²) < 4.78 is 2.27. The molecule has 0 atom stereocenters. The van der Waals surface area contributed by atoms with Gasteiger partial charge in [0.05, 0.1) is 6.33 Å². The summed E-state index contributed by atoms with van der Waals surface area (Å²) in [7, 11) is 0. The van der Waals surface area contributed by atoms with Crippen molar-refractivity contribution in [1.29, 1.82) is 0 Å². The van der Waals surface area contributed by atoms with E-state index in [1.807, 2.05) is 6.33 Å². The van der Waals surface area contributed by atoms with E-state index in [0.29, 0.717) is 30.6 Å². The molecular formula is C24H33N7. The van der Waals surface area contributed by atoms with Crippen LogP contribution in [0, 0.1) is 6.92 Å². The van der Waals surface area contributed by atoms with E-state index in [0.717, 1.165) is 42.7 Å². The van der Waals surface area contributed by atoms with Crippen molar-refractivity contribution in [3.63, 3.8) is 0 Å². The average Bonchev–Trinajstić information content (AvgIpc) is 3.43. The second-order valence-electron chi connectivity index (χ2n) is 9.26. The topological polar surface area (TPSA) is 93.7 Å². The van der Waals surface area contributed by atoms with E-state index in [-0.39, 0.29) is 0 Å². The Morgan fingerprint density at radius 3 is 2.65 bits per heavy atom. The number of aryl methyl sites for hydroxylation is 1. The first-order valence-electron chi connectivity index (χ1n) is 11.7. The summed E-state index contributed by atoms with van der Waals surface area (Å²) in [4.78, 5) is 14.5. The van der Waals surface area contributed by atoms with Crippen LogP contribution in [0.1, 0.15) is 68.5 Å². The van der Waals surface area contributed by atoms with Gasteiger partial charge in [-0.2, -0.15) is 9.97 Å². The number of rotatable bonds is 6. The van der Waals surface area contributed by atoms with E-state index in [4.69, 9.17) is 20.7 Å². The zero-order valence-corrected chi connectivity index (χ0v) is 18.3. The number of nitrogens with two attached hydrogens (primary N) is 1. The minimum atomic E-state index is 0.330. The SMILES string of the molecule is Cc1cccc(CNc2nc(NC3CCC(N)CC3)nc3c2ncn3C2CCCC2)c1. The molecule has 0 bridgehead atoms. The van der Waals surface area contributed by atoms with E-state index in [1.54, 1.807) is 0 Å². The van der Waals surface area contributed by atoms with Gasteiger partial charge in [0, 0.05) is 24.7 Å². The van der Waals surface area contributed by atoms with Gasteiger partial charge in [-0.15, -0.1) is 0 Å². The summed E-state index contributed by atoms with van der Waals surface area (Å²) in [6.07, 6.45) is 11.2. The number of aromatic nitrogens is 4. The van der Waals surface area contributed by atoms with Gasteiger partial charge in [0.1, 0.15) is 0 Å². The molecule has 7 nitrogen and oxygen atoms in total. The van der Waals surface area contributed by atoms with E-state index < -0.39 is 0 Å². The summed E-state index contributed by atoms with van der Waals surface area (Å²) in [6.45, 7) is 2.83. The molecule has 2 fully saturated rings. The minimum absolute atomic E-state index is 0.330. The Morgan fingerprint density at radius 1 is 1.06 bits per heavy atom. The quantitative estimate of drug-likeness (QED) is 0.543. The first kappa shape index (κ1) is 20.2. The number of hydrogen-bond acceptors (Lipinski definition) is 6. The Labute approximate surface area is 183 Å². The molecule has 0 spiro atoms. The first-order valence-corrected chi connectivity index (χ1v) is 11.7. The minimum Gasteiger partial charge on any atom is -0.364 e. The fraction of sp³-hybridized carbons (Fsp3) is 0.542. The summed E-state index contributed by atoms with van der Waals surface area (Å²) in [5.74, 6) is 1.50. The van der Waals surface area contributed by atoms with E-state index in [2.05, 4.69) is 46.4 Å². The molecule has 2 aromatic heterocycles. The van der Waals surface area contributed by atoms with Crippen LogP contribution >= 0.6 is 0 Å². The van der Waals surface area contributed by atoms with Crippen molar-refractivity contribution < 1.29 is 0 Å². The van der Waals surface area contributed by atoms with Crippen molar-refractivity contribution in [2.75, 3.05) is 10.6 Å². The normalized spacial score (nSPS) is 22.1. The molecule has 164 valence electrons. The molecular weight excluding hydrogens is 386 g/mol. The van der Waals surface area contributed by atoms with Crippen LogP contribution in [-0.2, 0) is 6.54 Å². The third kappa shape index (κ3) is 4.51. The lowest BCUT2D eigenvalue weighted by molar-refractivity contribution is 0.410. The Kier molecular flexibility index (Phi) is 5.76. The van der Waals surface area contributed by atoms with E-state index >= 15 is 0 Å². The second kappa shape index (κ2) is 8.83. The molecule has 4 N–H and O–H groups in total. The van der Waals surface area contributed by atoms with Gasteiger partial charge < -0.3 is 20.9 Å². The monoisotopic (exact) mass is 419 g/mol. The third-order valence-electron chi connectivity index (χ3n) is 6.79. The van der Waals surface area contributed by atoms with Gasteiger partial charge in [0.15, 0.2) is 17.0 Å². The number of imidazole rings is 1. The maximum atomic E-state index is 6.09. The molecule has 0 unspecified atom stereocenters. The highest BCUT2D eigenvalue weighted by Crippen LogP contribution is 2.33. The fourth-order valence-corrected chi connectivity index (χ4v) is 5.01. The maximum Gasteiger partial charge on any atom is 0.227 e. The smallest absolute Gasteiger partial charge is 0.227 e. The molecule has 0 radical (unpaired) electrons. The highest BCUT2D eigenvalue weighted by molar-refractivity contribution is 5.84. The fourth-order valence-electron chi connectivity index (χ4n) is 5.01. The van der Waals surface area contributed by atoms with Gasteiger partial charge in [0.2, 0.25) is 5.95 Å². The largest absolute Gasteiger partial charge is 0.364 e. The van der Waals surface area contributed by atoms with E-state index in [1.165, 1.54) is 36.8 Å². The van der Waals surface area contributed by atoms with Crippen LogP contribution in [-0.4, -0.2) is 31.6 Å². The second-order valence-corrected chi connectivity index (χ2v) is 9.26. The molecule has 1 aromatic carbocycles. The van der Waals surface area contributed by atoms with Crippen LogP contribution in [0.25, 0.3) is 11.2 Å². The molecule has 2 heterocycles. The summed E-state index contributed by atoms with van der Waals surface area (Å²) in [5.41, 5.74) is 10.4. The standard InChI is InChI=1S/C24H33N7/c1-16-5-4-6-17(13-16)14-26-22-21-23(31(15-27-21)20-7-2-3-8-20)30-24(29-22)28-19-11-9-18(25)10-12-19/h4-6,13,15,18-20H,2-3,7-12,14,25H2,1H3,(H2,26,28,29,30).